The second-order valence-electron chi connectivity index (χ2n) is 3.63. The third kappa shape index (κ3) is 3.63. The number of nitrogens with zero attached hydrogens (tertiary/aromatic N) is 1. The molecule has 0 unspecified atom stereocenters. The highest BCUT2D eigenvalue weighted by molar-refractivity contribution is 9.10. The molecule has 0 aliphatic rings. The largest absolute Gasteiger partial charge is 0.353 e. The minimum atomic E-state index is 0.692. The maximum Gasteiger partial charge on any atom is 0.0867 e. The number of hydrogen-bond donors (Lipinski definition) is 2. The lowest BCUT2D eigenvalue weighted by Gasteiger charge is -2.17. The van der Waals surface area contributed by atoms with E-state index in [1.807, 2.05) is 0 Å². The van der Waals surface area contributed by atoms with Crippen LogP contribution in [0.25, 0.3) is 0 Å². The SMILES string of the molecule is CCN(CC)Cc1cc(CCN)[nH]c1Br. The zero-order valence-electron chi connectivity index (χ0n) is 9.52. The number of aromatic nitrogens is 1. The van der Waals surface area contributed by atoms with Crippen molar-refractivity contribution in [2.75, 3.05) is 19.6 Å². The van der Waals surface area contributed by atoms with E-state index in [1.165, 1.54) is 11.3 Å². The number of halogens is 1. The quantitative estimate of drug-likeness (QED) is 0.834. The molecule has 0 aromatic carbocycles. The Kier molecular flexibility index (Phi) is 5.36. The fourth-order valence-corrected chi connectivity index (χ4v) is 2.12. The first-order chi connectivity index (χ1) is 7.21. The van der Waals surface area contributed by atoms with Gasteiger partial charge in [0.25, 0.3) is 0 Å². The number of H-pyrrole nitrogens is 1. The van der Waals surface area contributed by atoms with Crippen molar-refractivity contribution in [3.05, 3.63) is 21.9 Å². The van der Waals surface area contributed by atoms with Crippen LogP contribution >= 0.6 is 15.9 Å². The monoisotopic (exact) mass is 273 g/mol. The topological polar surface area (TPSA) is 45.0 Å². The summed E-state index contributed by atoms with van der Waals surface area (Å²) in [5.41, 5.74) is 8.06. The van der Waals surface area contributed by atoms with Crippen molar-refractivity contribution in [1.82, 2.24) is 9.88 Å². The van der Waals surface area contributed by atoms with Gasteiger partial charge in [-0.25, -0.2) is 0 Å². The number of nitrogens with two attached hydrogens (primary N) is 1. The Morgan fingerprint density at radius 1 is 1.40 bits per heavy atom. The van der Waals surface area contributed by atoms with Crippen molar-refractivity contribution in [2.24, 2.45) is 5.73 Å². The molecule has 0 fully saturated rings. The van der Waals surface area contributed by atoms with Crippen LogP contribution in [0.1, 0.15) is 25.1 Å². The molecule has 0 spiro atoms. The van der Waals surface area contributed by atoms with E-state index < -0.39 is 0 Å². The molecule has 1 aromatic rings. The van der Waals surface area contributed by atoms with Crippen LogP contribution in [0.3, 0.4) is 0 Å². The first kappa shape index (κ1) is 12.7. The molecule has 0 radical (unpaired) electrons. The van der Waals surface area contributed by atoms with Crippen LogP contribution in [0, 0.1) is 0 Å². The molecule has 0 saturated heterocycles. The lowest BCUT2D eigenvalue weighted by molar-refractivity contribution is 0.295. The van der Waals surface area contributed by atoms with Crippen LogP contribution in [-0.4, -0.2) is 29.5 Å². The van der Waals surface area contributed by atoms with Gasteiger partial charge in [-0.05, 0) is 53.6 Å². The van der Waals surface area contributed by atoms with Crippen molar-refractivity contribution in [3.8, 4) is 0 Å². The van der Waals surface area contributed by atoms with Crippen molar-refractivity contribution in [2.45, 2.75) is 26.8 Å². The van der Waals surface area contributed by atoms with E-state index in [1.54, 1.807) is 0 Å². The summed E-state index contributed by atoms with van der Waals surface area (Å²) >= 11 is 3.55. The van der Waals surface area contributed by atoms with Crippen molar-refractivity contribution >= 4 is 15.9 Å². The predicted molar refractivity (Wildman–Crippen MR) is 67.9 cm³/mol. The molecule has 3 nitrogen and oxygen atoms in total. The van der Waals surface area contributed by atoms with E-state index in [0.29, 0.717) is 6.54 Å². The molecule has 0 aliphatic heterocycles. The van der Waals surface area contributed by atoms with Gasteiger partial charge in [0, 0.05) is 12.2 Å². The zero-order valence-corrected chi connectivity index (χ0v) is 11.1. The predicted octanol–water partition coefficient (Wildman–Crippen LogP) is 2.12. The van der Waals surface area contributed by atoms with Crippen LogP contribution < -0.4 is 5.73 Å². The molecule has 0 aliphatic carbocycles. The van der Waals surface area contributed by atoms with Gasteiger partial charge in [-0.1, -0.05) is 13.8 Å². The van der Waals surface area contributed by atoms with Gasteiger partial charge in [-0.15, -0.1) is 0 Å². The summed E-state index contributed by atoms with van der Waals surface area (Å²) in [7, 11) is 0. The Morgan fingerprint density at radius 3 is 2.60 bits per heavy atom. The molecule has 0 saturated carbocycles. The minimum Gasteiger partial charge on any atom is -0.353 e. The van der Waals surface area contributed by atoms with Crippen LogP contribution in [0.15, 0.2) is 10.7 Å². The molecule has 0 bridgehead atoms. The molecular weight excluding hydrogens is 254 g/mol. The van der Waals surface area contributed by atoms with E-state index in [4.69, 9.17) is 5.73 Å². The molecule has 3 N–H and O–H groups in total. The Morgan fingerprint density at radius 2 is 2.07 bits per heavy atom. The van der Waals surface area contributed by atoms with Gasteiger partial charge >= 0.3 is 0 Å². The molecular formula is C11H20BrN3. The average molecular weight is 274 g/mol. The Labute approximate surface area is 100 Å². The molecule has 4 heteroatoms. The fraction of sp³-hybridized carbons (Fsp3) is 0.636. The summed E-state index contributed by atoms with van der Waals surface area (Å²) in [5, 5.41) is 0. The van der Waals surface area contributed by atoms with E-state index in [9.17, 15) is 0 Å². The van der Waals surface area contributed by atoms with E-state index in [2.05, 4.69) is 45.7 Å². The second kappa shape index (κ2) is 6.30. The summed E-state index contributed by atoms with van der Waals surface area (Å²) in [6.07, 6.45) is 0.914. The Hall–Kier alpha value is -0.320. The van der Waals surface area contributed by atoms with Crippen LogP contribution in [0.2, 0.25) is 0 Å². The maximum atomic E-state index is 5.53. The smallest absolute Gasteiger partial charge is 0.0867 e. The van der Waals surface area contributed by atoms with Gasteiger partial charge in [0.2, 0.25) is 0 Å². The third-order valence-corrected chi connectivity index (χ3v) is 3.31. The minimum absolute atomic E-state index is 0.692. The highest BCUT2D eigenvalue weighted by atomic mass is 79.9. The second-order valence-corrected chi connectivity index (χ2v) is 4.43. The number of aromatic amines is 1. The van der Waals surface area contributed by atoms with Gasteiger partial charge in [0.1, 0.15) is 0 Å². The van der Waals surface area contributed by atoms with Gasteiger partial charge in [0.05, 0.1) is 4.60 Å². The van der Waals surface area contributed by atoms with Gasteiger partial charge < -0.3 is 10.7 Å². The molecule has 86 valence electrons. The summed E-state index contributed by atoms with van der Waals surface area (Å²) in [6.45, 7) is 8.22. The molecule has 0 atom stereocenters. The fourth-order valence-electron chi connectivity index (χ4n) is 1.62. The molecule has 1 rings (SSSR count). The third-order valence-electron chi connectivity index (χ3n) is 2.60. The van der Waals surface area contributed by atoms with Crippen molar-refractivity contribution < 1.29 is 0 Å². The summed E-state index contributed by atoms with van der Waals surface area (Å²) in [5.74, 6) is 0. The Balaban J connectivity index is 2.67. The van der Waals surface area contributed by atoms with Crippen LogP contribution in [0.4, 0.5) is 0 Å². The summed E-state index contributed by atoms with van der Waals surface area (Å²) in [6, 6.07) is 2.20. The summed E-state index contributed by atoms with van der Waals surface area (Å²) in [4.78, 5) is 5.70. The lowest BCUT2D eigenvalue weighted by atomic mass is 10.2. The van der Waals surface area contributed by atoms with Gasteiger partial charge in [0.15, 0.2) is 0 Å². The molecule has 0 amide bonds. The standard InChI is InChI=1S/C11H20BrN3/c1-3-15(4-2)8-9-7-10(5-6-13)14-11(9)12/h7,14H,3-6,8,13H2,1-2H3. The van der Waals surface area contributed by atoms with Crippen molar-refractivity contribution in [3.63, 3.8) is 0 Å². The van der Waals surface area contributed by atoms with E-state index in [-0.39, 0.29) is 0 Å². The summed E-state index contributed by atoms with van der Waals surface area (Å²) < 4.78 is 1.10. The average Bonchev–Trinajstić information content (AvgIpc) is 2.56. The van der Waals surface area contributed by atoms with Gasteiger partial charge in [-0.3, -0.25) is 4.90 Å². The number of hydrogen-bond acceptors (Lipinski definition) is 2. The van der Waals surface area contributed by atoms with E-state index in [0.717, 1.165) is 30.7 Å². The first-order valence-corrected chi connectivity index (χ1v) is 6.29. The van der Waals surface area contributed by atoms with Crippen LogP contribution in [0.5, 0.6) is 0 Å². The lowest BCUT2D eigenvalue weighted by Crippen LogP contribution is -2.21. The Bertz CT molecular complexity index is 292. The van der Waals surface area contributed by atoms with Crippen molar-refractivity contribution in [1.29, 1.82) is 0 Å². The number of nitrogens with one attached hydrogen (secondary N) is 1. The number of rotatable bonds is 6. The normalized spacial score (nSPS) is 11.3. The zero-order chi connectivity index (χ0) is 11.3. The highest BCUT2D eigenvalue weighted by Crippen LogP contribution is 2.19. The first-order valence-electron chi connectivity index (χ1n) is 5.49. The molecule has 1 aromatic heterocycles. The van der Waals surface area contributed by atoms with Gasteiger partial charge in [-0.2, -0.15) is 0 Å². The molecule has 1 heterocycles. The highest BCUT2D eigenvalue weighted by Gasteiger charge is 2.08. The van der Waals surface area contributed by atoms with E-state index >= 15 is 0 Å². The maximum absolute atomic E-state index is 5.53. The van der Waals surface area contributed by atoms with Crippen LogP contribution in [-0.2, 0) is 13.0 Å². The molecule has 15 heavy (non-hydrogen) atoms.